The Labute approximate surface area is 285 Å². The fourth-order valence-corrected chi connectivity index (χ4v) is 6.34. The molecular weight excluding hydrogens is 628 g/mol. The molecule has 13 heteroatoms. The van der Waals surface area contributed by atoms with Gasteiger partial charge in [0, 0.05) is 31.0 Å². The highest BCUT2D eigenvalue weighted by Crippen LogP contribution is 2.21. The number of nitrogens with one attached hydrogen (secondary N) is 4. The van der Waals surface area contributed by atoms with Crippen molar-refractivity contribution in [3.8, 4) is 0 Å². The number of para-hydroxylation sites is 1. The van der Waals surface area contributed by atoms with Gasteiger partial charge in [0.15, 0.2) is 0 Å². The van der Waals surface area contributed by atoms with E-state index in [9.17, 15) is 29.1 Å². The summed E-state index contributed by atoms with van der Waals surface area (Å²) in [6.07, 6.45) is -1.44. The summed E-state index contributed by atoms with van der Waals surface area (Å²) in [7, 11) is 1.48. The third-order valence-electron chi connectivity index (χ3n) is 9.23. The molecule has 262 valence electrons. The Morgan fingerprint density at radius 3 is 2.39 bits per heavy atom. The maximum atomic E-state index is 14.0. The van der Waals surface area contributed by atoms with Crippen molar-refractivity contribution in [1.82, 2.24) is 30.7 Å². The summed E-state index contributed by atoms with van der Waals surface area (Å²) in [4.78, 5) is 74.4. The van der Waals surface area contributed by atoms with Gasteiger partial charge in [0.1, 0.15) is 42.6 Å². The molecule has 5 rings (SSSR count). The van der Waals surface area contributed by atoms with Crippen molar-refractivity contribution in [2.24, 2.45) is 5.92 Å². The number of aliphatic hydroxyl groups is 1. The van der Waals surface area contributed by atoms with E-state index in [0.717, 1.165) is 16.5 Å². The molecular formula is C36H46N6O7. The van der Waals surface area contributed by atoms with Gasteiger partial charge in [-0.25, -0.2) is 0 Å². The number of H-pyrrole nitrogens is 1. The zero-order chi connectivity index (χ0) is 35.2. The van der Waals surface area contributed by atoms with Gasteiger partial charge in [0.2, 0.25) is 23.6 Å². The lowest BCUT2D eigenvalue weighted by Gasteiger charge is -2.38. The van der Waals surface area contributed by atoms with E-state index >= 15 is 0 Å². The van der Waals surface area contributed by atoms with Crippen LogP contribution in [0.4, 0.5) is 0 Å². The van der Waals surface area contributed by atoms with Gasteiger partial charge >= 0.3 is 0 Å². The number of benzene rings is 2. The van der Waals surface area contributed by atoms with Gasteiger partial charge in [-0.15, -0.1) is 0 Å². The zero-order valence-corrected chi connectivity index (χ0v) is 28.3. The maximum Gasteiger partial charge on any atom is 0.270 e. The lowest BCUT2D eigenvalue weighted by molar-refractivity contribution is -0.142. The highest BCUT2D eigenvalue weighted by molar-refractivity contribution is 6.00. The molecule has 0 saturated carbocycles. The fourth-order valence-electron chi connectivity index (χ4n) is 6.34. The Bertz CT molecular complexity index is 1630. The van der Waals surface area contributed by atoms with Crippen molar-refractivity contribution in [1.29, 1.82) is 0 Å². The highest BCUT2D eigenvalue weighted by Gasteiger charge is 2.39. The van der Waals surface area contributed by atoms with Crippen molar-refractivity contribution in [2.75, 3.05) is 26.7 Å². The number of ether oxygens (including phenoxy) is 1. The van der Waals surface area contributed by atoms with Crippen molar-refractivity contribution in [2.45, 2.75) is 76.4 Å². The number of likely N-dealkylation sites (N-methyl/N-ethyl adjacent to an activating group) is 1. The van der Waals surface area contributed by atoms with Crippen molar-refractivity contribution in [3.05, 3.63) is 71.9 Å². The SMILES string of the molecule is CC(C)C[C@H]1NC(=O)CN(C(=O)c2cc3ccccc3[nH]2)C[C@H]2OCC[C@H](NC(=O)[C@H](Cc3ccccc3)NC(=O)[C@H](C)N(C)C1=O)[C@@H]2O. The minimum Gasteiger partial charge on any atom is -0.388 e. The number of carbonyl (C=O) groups excluding carboxylic acids is 5. The lowest BCUT2D eigenvalue weighted by Crippen LogP contribution is -2.60. The smallest absolute Gasteiger partial charge is 0.270 e. The molecule has 0 unspecified atom stereocenters. The number of hydrogen-bond acceptors (Lipinski definition) is 7. The number of aromatic nitrogens is 1. The molecule has 0 spiro atoms. The molecule has 3 aromatic rings. The van der Waals surface area contributed by atoms with Crippen LogP contribution in [0.1, 0.15) is 49.7 Å². The van der Waals surface area contributed by atoms with Gasteiger partial charge in [0.05, 0.1) is 12.6 Å². The summed E-state index contributed by atoms with van der Waals surface area (Å²) < 4.78 is 5.92. The summed E-state index contributed by atoms with van der Waals surface area (Å²) in [5.41, 5.74) is 1.79. The Morgan fingerprint density at radius 1 is 0.959 bits per heavy atom. The summed E-state index contributed by atoms with van der Waals surface area (Å²) >= 11 is 0. The summed E-state index contributed by atoms with van der Waals surface area (Å²) in [6.45, 7) is 4.96. The number of nitrogens with zero attached hydrogens (tertiary/aromatic N) is 2. The number of aromatic amines is 1. The molecule has 2 saturated heterocycles. The molecule has 2 bridgehead atoms. The van der Waals surface area contributed by atoms with Crippen LogP contribution in [-0.4, -0.2) is 113 Å². The molecule has 0 aliphatic carbocycles. The second-order valence-corrected chi connectivity index (χ2v) is 13.4. The molecule has 3 heterocycles. The first-order chi connectivity index (χ1) is 23.4. The van der Waals surface area contributed by atoms with Crippen LogP contribution in [0.25, 0.3) is 10.9 Å². The summed E-state index contributed by atoms with van der Waals surface area (Å²) in [5, 5.41) is 20.8. The quantitative estimate of drug-likeness (QED) is 0.272. The number of amides is 5. The van der Waals surface area contributed by atoms with E-state index in [2.05, 4.69) is 20.9 Å². The molecule has 49 heavy (non-hydrogen) atoms. The normalized spacial score (nSPS) is 26.2. The number of fused-ring (bicyclic) bond motifs is 3. The van der Waals surface area contributed by atoms with Crippen LogP contribution in [0.3, 0.4) is 0 Å². The summed E-state index contributed by atoms with van der Waals surface area (Å²) in [6, 6.07) is 14.5. The number of carbonyl (C=O) groups is 5. The lowest BCUT2D eigenvalue weighted by atomic mass is 9.97. The molecule has 1 aromatic heterocycles. The molecule has 13 nitrogen and oxygen atoms in total. The van der Waals surface area contributed by atoms with Gasteiger partial charge in [-0.2, -0.15) is 0 Å². The molecule has 2 aliphatic heterocycles. The van der Waals surface area contributed by atoms with Gasteiger partial charge in [0.25, 0.3) is 5.91 Å². The third-order valence-corrected chi connectivity index (χ3v) is 9.23. The molecule has 2 fully saturated rings. The van der Waals surface area contributed by atoms with Crippen molar-refractivity contribution >= 4 is 40.4 Å². The molecule has 5 N–H and O–H groups in total. The van der Waals surface area contributed by atoms with Crippen LogP contribution in [0.2, 0.25) is 0 Å². The largest absolute Gasteiger partial charge is 0.388 e. The topological polar surface area (TPSA) is 173 Å². The van der Waals surface area contributed by atoms with Crippen molar-refractivity contribution < 1.29 is 33.8 Å². The second kappa shape index (κ2) is 15.6. The van der Waals surface area contributed by atoms with Crippen LogP contribution in [0.15, 0.2) is 60.7 Å². The van der Waals surface area contributed by atoms with Gasteiger partial charge in [-0.1, -0.05) is 62.4 Å². The fraction of sp³-hybridized carbons (Fsp3) is 0.472. The predicted molar refractivity (Wildman–Crippen MR) is 182 cm³/mol. The minimum atomic E-state index is -1.23. The van der Waals surface area contributed by atoms with E-state index in [1.54, 1.807) is 13.0 Å². The molecule has 0 radical (unpaired) electrons. The van der Waals surface area contributed by atoms with Crippen LogP contribution < -0.4 is 16.0 Å². The second-order valence-electron chi connectivity index (χ2n) is 13.4. The van der Waals surface area contributed by atoms with Gasteiger partial charge < -0.3 is 40.6 Å². The minimum absolute atomic E-state index is 0.00615. The van der Waals surface area contributed by atoms with Gasteiger partial charge in [-0.05, 0) is 43.4 Å². The van der Waals surface area contributed by atoms with Crippen LogP contribution in [0.5, 0.6) is 0 Å². The monoisotopic (exact) mass is 674 g/mol. The Balaban J connectivity index is 1.49. The average Bonchev–Trinajstić information content (AvgIpc) is 3.52. The first-order valence-corrected chi connectivity index (χ1v) is 16.8. The molecule has 2 aromatic carbocycles. The Kier molecular flexibility index (Phi) is 11.4. The van der Waals surface area contributed by atoms with Crippen molar-refractivity contribution in [3.63, 3.8) is 0 Å². The van der Waals surface area contributed by atoms with Gasteiger partial charge in [-0.3, -0.25) is 24.0 Å². The average molecular weight is 675 g/mol. The molecule has 6 atom stereocenters. The van der Waals surface area contributed by atoms with E-state index in [1.807, 2.05) is 68.4 Å². The zero-order valence-electron chi connectivity index (χ0n) is 28.3. The van der Waals surface area contributed by atoms with E-state index in [0.29, 0.717) is 0 Å². The highest BCUT2D eigenvalue weighted by atomic mass is 16.5. The molecule has 2 aliphatic rings. The van der Waals surface area contributed by atoms with E-state index in [4.69, 9.17) is 4.74 Å². The first kappa shape index (κ1) is 35.6. The first-order valence-electron chi connectivity index (χ1n) is 16.8. The van der Waals surface area contributed by atoms with E-state index < -0.39 is 72.5 Å². The van der Waals surface area contributed by atoms with Crippen LogP contribution in [0, 0.1) is 5.92 Å². The molecule has 5 amide bonds. The predicted octanol–water partition coefficient (Wildman–Crippen LogP) is 1.36. The third kappa shape index (κ3) is 8.65. The van der Waals surface area contributed by atoms with Crippen LogP contribution in [-0.2, 0) is 30.3 Å². The maximum absolute atomic E-state index is 14.0. The summed E-state index contributed by atoms with van der Waals surface area (Å²) in [5.74, 6) is -2.62. The number of rotatable bonds is 5. The van der Waals surface area contributed by atoms with E-state index in [1.165, 1.54) is 16.8 Å². The number of hydrogen-bond donors (Lipinski definition) is 5. The Hall–Kier alpha value is -4.75. The Morgan fingerprint density at radius 2 is 1.67 bits per heavy atom. The standard InChI is InChI=1S/C36H46N6O7/c1-21(2)16-28-35(47)41(4)22(3)33(45)40-27(17-23-10-6-5-7-11-23)34(46)39-26-14-15-49-30(32(26)44)19-42(20-31(43)38-28)36(48)29-18-24-12-8-9-13-25(24)37-29/h5-13,18,21-22,26-28,30,32,37,44H,14-17,19-20H2,1-4H3,(H,38,43)(H,39,46)(H,40,45)/t22-,26-,27-,28+,30+,32-/m0/s1. The van der Waals surface area contributed by atoms with E-state index in [-0.39, 0.29) is 44.0 Å². The number of aliphatic hydroxyl groups excluding tert-OH is 1. The van der Waals surface area contributed by atoms with Crippen LogP contribution >= 0.6 is 0 Å².